The van der Waals surface area contributed by atoms with Crippen LogP contribution in [0.2, 0.25) is 0 Å². The Bertz CT molecular complexity index is 1400. The van der Waals surface area contributed by atoms with E-state index in [9.17, 15) is 13.2 Å². The Labute approximate surface area is 189 Å². The average Bonchev–Trinajstić information content (AvgIpc) is 3.09. The number of aryl methyl sites for hydroxylation is 2. The van der Waals surface area contributed by atoms with Gasteiger partial charge in [0.1, 0.15) is 5.52 Å². The molecule has 30 heavy (non-hydrogen) atoms. The molecule has 2 heterocycles. The van der Waals surface area contributed by atoms with Gasteiger partial charge in [0.05, 0.1) is 8.60 Å². The van der Waals surface area contributed by atoms with Crippen molar-refractivity contribution in [1.29, 1.82) is 0 Å². The molecular weight excluding hydrogens is 511 g/mol. The Morgan fingerprint density at radius 2 is 1.63 bits per heavy atom. The molecule has 5 nitrogen and oxygen atoms in total. The molecule has 4 aromatic rings. The van der Waals surface area contributed by atoms with Gasteiger partial charge in [-0.2, -0.15) is 0 Å². The van der Waals surface area contributed by atoms with E-state index in [1.807, 2.05) is 59.8 Å². The monoisotopic (exact) mass is 532 g/mol. The Kier molecular flexibility index (Phi) is 5.36. The Morgan fingerprint density at radius 3 is 2.27 bits per heavy atom. The van der Waals surface area contributed by atoms with Crippen LogP contribution in [-0.4, -0.2) is 17.0 Å². The summed E-state index contributed by atoms with van der Waals surface area (Å²) in [5, 5.41) is 0.662. The lowest BCUT2D eigenvalue weighted by atomic mass is 9.92. The van der Waals surface area contributed by atoms with Crippen LogP contribution in [0.15, 0.2) is 76.6 Å². The summed E-state index contributed by atoms with van der Waals surface area (Å²) in [6.45, 7) is 3.96. The molecule has 1 atom stereocenters. The highest BCUT2D eigenvalue weighted by molar-refractivity contribution is 14.1. The normalized spacial score (nSPS) is 12.9. The third-order valence-corrected chi connectivity index (χ3v) is 8.26. The van der Waals surface area contributed by atoms with Crippen LogP contribution in [0.25, 0.3) is 10.9 Å². The van der Waals surface area contributed by atoms with Crippen LogP contribution in [0.3, 0.4) is 0 Å². The molecule has 0 aliphatic heterocycles. The molecule has 7 heteroatoms. The number of hydrogen-bond donors (Lipinski definition) is 0. The lowest BCUT2D eigenvalue weighted by Gasteiger charge is -2.16. The van der Waals surface area contributed by atoms with Gasteiger partial charge in [0.15, 0.2) is 0 Å². The molecule has 0 aliphatic carbocycles. The van der Waals surface area contributed by atoms with Gasteiger partial charge in [-0.05, 0) is 58.8 Å². The second-order valence-electron chi connectivity index (χ2n) is 7.44. The molecule has 0 aliphatic rings. The molecule has 0 bridgehead atoms. The van der Waals surface area contributed by atoms with Gasteiger partial charge < -0.3 is 4.57 Å². The molecule has 0 N–H and O–H groups in total. The fraction of sp³-hybridized carbons (Fsp3) is 0.174. The Morgan fingerprint density at radius 1 is 1.00 bits per heavy atom. The molecule has 2 aromatic carbocycles. The van der Waals surface area contributed by atoms with E-state index in [0.29, 0.717) is 9.09 Å². The number of hydrogen-bond acceptors (Lipinski definition) is 3. The maximum absolute atomic E-state index is 13.5. The Balaban J connectivity index is 2.02. The van der Waals surface area contributed by atoms with Gasteiger partial charge >= 0.3 is 0 Å². The summed E-state index contributed by atoms with van der Waals surface area (Å²) in [6.07, 6.45) is 1.81. The van der Waals surface area contributed by atoms with Gasteiger partial charge in [-0.15, -0.1) is 0 Å². The van der Waals surface area contributed by atoms with E-state index in [4.69, 9.17) is 0 Å². The zero-order valence-electron chi connectivity index (χ0n) is 16.8. The second-order valence-corrected chi connectivity index (χ2v) is 10.3. The molecule has 0 fully saturated rings. The van der Waals surface area contributed by atoms with Gasteiger partial charge in [-0.3, -0.25) is 4.79 Å². The van der Waals surface area contributed by atoms with Crippen molar-refractivity contribution >= 4 is 43.5 Å². The first kappa shape index (κ1) is 20.9. The zero-order chi connectivity index (χ0) is 21.6. The van der Waals surface area contributed by atoms with Crippen molar-refractivity contribution in [2.45, 2.75) is 24.7 Å². The molecular formula is C23H21IN2O3S. The van der Waals surface area contributed by atoms with E-state index in [0.717, 1.165) is 16.7 Å². The largest absolute Gasteiger partial charge is 0.316 e. The molecule has 0 spiro atoms. The predicted octanol–water partition coefficient (Wildman–Crippen LogP) is 4.64. The maximum Gasteiger partial charge on any atom is 0.275 e. The lowest BCUT2D eigenvalue weighted by molar-refractivity contribution is 0.588. The van der Waals surface area contributed by atoms with Crippen LogP contribution in [0.5, 0.6) is 0 Å². The fourth-order valence-corrected chi connectivity index (χ4v) is 6.43. The second kappa shape index (κ2) is 7.70. The maximum atomic E-state index is 13.5. The first-order chi connectivity index (χ1) is 14.2. The predicted molar refractivity (Wildman–Crippen MR) is 128 cm³/mol. The van der Waals surface area contributed by atoms with Gasteiger partial charge in [0.25, 0.3) is 15.6 Å². The van der Waals surface area contributed by atoms with Crippen molar-refractivity contribution in [3.63, 3.8) is 0 Å². The van der Waals surface area contributed by atoms with Crippen LogP contribution >= 0.6 is 22.6 Å². The minimum atomic E-state index is -3.92. The van der Waals surface area contributed by atoms with Crippen LogP contribution in [-0.2, 0) is 17.1 Å². The van der Waals surface area contributed by atoms with Crippen LogP contribution in [0, 0.1) is 10.6 Å². The van der Waals surface area contributed by atoms with Gasteiger partial charge in [0.2, 0.25) is 0 Å². The molecule has 1 unspecified atom stereocenters. The van der Waals surface area contributed by atoms with Gasteiger partial charge in [-0.1, -0.05) is 55.0 Å². The molecule has 2 aromatic heterocycles. The van der Waals surface area contributed by atoms with Gasteiger partial charge in [-0.25, -0.2) is 12.4 Å². The van der Waals surface area contributed by atoms with Crippen LogP contribution in [0.4, 0.5) is 0 Å². The summed E-state index contributed by atoms with van der Waals surface area (Å²) in [7, 11) is -2.26. The number of pyridine rings is 1. The SMILES string of the molecule is Cc1ccc(S(=O)(=O)n2c(I)cc3c(C(C)c4ccccc4)cn(C)c(=O)c32)cc1. The number of nitrogens with zero attached hydrogens (tertiary/aromatic N) is 2. The molecule has 154 valence electrons. The van der Waals surface area contributed by atoms with Crippen molar-refractivity contribution in [2.24, 2.45) is 7.05 Å². The number of rotatable bonds is 4. The fourth-order valence-electron chi connectivity index (χ4n) is 3.71. The van der Waals surface area contributed by atoms with Crippen LogP contribution in [0.1, 0.15) is 29.5 Å². The third-order valence-electron chi connectivity index (χ3n) is 5.41. The summed E-state index contributed by atoms with van der Waals surface area (Å²) in [6, 6.07) is 18.4. The summed E-state index contributed by atoms with van der Waals surface area (Å²) < 4.78 is 30.1. The number of aromatic nitrogens is 2. The molecule has 4 rings (SSSR count). The lowest BCUT2D eigenvalue weighted by Crippen LogP contribution is -2.24. The minimum Gasteiger partial charge on any atom is -0.316 e. The summed E-state index contributed by atoms with van der Waals surface area (Å²) >= 11 is 1.99. The van der Waals surface area contributed by atoms with Crippen molar-refractivity contribution in [3.8, 4) is 0 Å². The van der Waals surface area contributed by atoms with Crippen LogP contribution < -0.4 is 5.56 Å². The standard InChI is InChI=1S/C23H21IN2O3S/c1-15-9-11-18(12-10-15)30(28,29)26-21(24)13-19-20(14-25(3)23(27)22(19)26)16(2)17-7-5-4-6-8-17/h4-14,16H,1-3H3. The zero-order valence-corrected chi connectivity index (χ0v) is 19.8. The molecule has 0 radical (unpaired) electrons. The van der Waals surface area contributed by atoms with E-state index in [-0.39, 0.29) is 21.9 Å². The average molecular weight is 532 g/mol. The minimum absolute atomic E-state index is 0.00534. The van der Waals surface area contributed by atoms with E-state index in [2.05, 4.69) is 6.92 Å². The molecule has 0 saturated carbocycles. The number of fused-ring (bicyclic) bond motifs is 1. The van der Waals surface area contributed by atoms with E-state index < -0.39 is 10.0 Å². The highest BCUT2D eigenvalue weighted by Crippen LogP contribution is 2.33. The summed E-state index contributed by atoms with van der Waals surface area (Å²) in [4.78, 5) is 13.2. The topological polar surface area (TPSA) is 61.1 Å². The van der Waals surface area contributed by atoms with Crippen molar-refractivity contribution in [1.82, 2.24) is 8.54 Å². The highest BCUT2D eigenvalue weighted by atomic mass is 127. The Hall–Kier alpha value is -2.39. The van der Waals surface area contributed by atoms with E-state index >= 15 is 0 Å². The molecule has 0 amide bonds. The van der Waals surface area contributed by atoms with E-state index in [1.165, 1.54) is 8.54 Å². The van der Waals surface area contributed by atoms with E-state index in [1.54, 1.807) is 43.6 Å². The summed E-state index contributed by atoms with van der Waals surface area (Å²) in [5.74, 6) is -0.00534. The van der Waals surface area contributed by atoms with Crippen molar-refractivity contribution in [3.05, 3.63) is 97.6 Å². The van der Waals surface area contributed by atoms with Crippen molar-refractivity contribution < 1.29 is 8.42 Å². The van der Waals surface area contributed by atoms with Crippen molar-refractivity contribution in [2.75, 3.05) is 0 Å². The van der Waals surface area contributed by atoms with Gasteiger partial charge in [0, 0.05) is 24.5 Å². The first-order valence-electron chi connectivity index (χ1n) is 9.49. The molecule has 0 saturated heterocycles. The quantitative estimate of drug-likeness (QED) is 0.360. The third kappa shape index (κ3) is 3.39. The number of benzene rings is 2. The smallest absolute Gasteiger partial charge is 0.275 e. The first-order valence-corrected chi connectivity index (χ1v) is 12.0. The number of halogens is 1. The highest BCUT2D eigenvalue weighted by Gasteiger charge is 2.27. The summed E-state index contributed by atoms with van der Waals surface area (Å²) in [5.41, 5.74) is 2.82.